The lowest BCUT2D eigenvalue weighted by Crippen LogP contribution is -2.20. The predicted molar refractivity (Wildman–Crippen MR) is 64.4 cm³/mol. The largest absolute Gasteiger partial charge is 0.290 e. The van der Waals surface area contributed by atoms with Crippen molar-refractivity contribution in [2.45, 2.75) is 13.1 Å². The van der Waals surface area contributed by atoms with Crippen LogP contribution in [0, 0.1) is 5.82 Å². The van der Waals surface area contributed by atoms with E-state index in [4.69, 9.17) is 0 Å². The molecule has 2 aliphatic rings. The molecular weight excluding hydrogens is 292 g/mol. The van der Waals surface area contributed by atoms with Gasteiger partial charge in [0.05, 0.1) is 0 Å². The number of alkyl halides is 1. The van der Waals surface area contributed by atoms with Gasteiger partial charge in [-0.3, -0.25) is 4.90 Å². The fourth-order valence-electron chi connectivity index (χ4n) is 1.92. The van der Waals surface area contributed by atoms with Crippen molar-refractivity contribution < 1.29 is 4.39 Å². The number of halogens is 2. The maximum atomic E-state index is 12.9. The van der Waals surface area contributed by atoms with Crippen LogP contribution in [-0.2, 0) is 13.1 Å². The van der Waals surface area contributed by atoms with Crippen LogP contribution in [0.5, 0.6) is 0 Å². The summed E-state index contributed by atoms with van der Waals surface area (Å²) < 4.78 is 16.1. The molecule has 0 aliphatic carbocycles. The Morgan fingerprint density at radius 3 is 2.86 bits per heavy atom. The van der Waals surface area contributed by atoms with Crippen molar-refractivity contribution >= 4 is 24.2 Å². The van der Waals surface area contributed by atoms with Gasteiger partial charge in [-0.25, -0.2) is 4.39 Å². The van der Waals surface area contributed by atoms with Crippen molar-refractivity contribution in [1.82, 2.24) is 4.90 Å². The van der Waals surface area contributed by atoms with Gasteiger partial charge in [0.1, 0.15) is 5.82 Å². The molecule has 3 rings (SSSR count). The molecule has 0 radical (unpaired) electrons. The molecule has 0 bridgehead atoms. The summed E-state index contributed by atoms with van der Waals surface area (Å²) in [5.41, 5.74) is 2.50. The molecule has 74 valence electrons. The highest BCUT2D eigenvalue weighted by molar-refractivity contribution is 14.2. The Morgan fingerprint density at radius 1 is 1.29 bits per heavy atom. The first-order valence-electron chi connectivity index (χ1n) is 4.75. The van der Waals surface area contributed by atoms with Crippen LogP contribution in [-0.4, -0.2) is 19.4 Å². The molecule has 0 N–H and O–H groups in total. The topological polar surface area (TPSA) is 3.24 Å². The molecule has 1 nitrogen and oxygen atoms in total. The van der Waals surface area contributed by atoms with E-state index in [1.54, 1.807) is 15.6 Å². The molecule has 2 heterocycles. The number of hydrogen-bond donors (Lipinski definition) is 0. The van der Waals surface area contributed by atoms with Crippen molar-refractivity contribution in [3.05, 3.63) is 35.1 Å². The van der Waals surface area contributed by atoms with E-state index >= 15 is 0 Å². The van der Waals surface area contributed by atoms with Gasteiger partial charge in [-0.1, -0.05) is 6.07 Å². The molecule has 3 heteroatoms. The molecule has 0 fully saturated rings. The van der Waals surface area contributed by atoms with Gasteiger partial charge < -0.3 is 0 Å². The highest BCUT2D eigenvalue weighted by Crippen LogP contribution is 2.26. The SMILES string of the molecule is Fc1ccc2c(c1)CN(CC1=IC1)C2. The van der Waals surface area contributed by atoms with Gasteiger partial charge in [0.15, 0.2) is 0 Å². The lowest BCUT2D eigenvalue weighted by Gasteiger charge is -2.11. The van der Waals surface area contributed by atoms with Crippen LogP contribution >= 0.6 is 20.7 Å². The molecule has 0 saturated heterocycles. The molecular formula is C11H11FIN. The molecule has 0 atom stereocenters. The number of hydrogen-bond acceptors (Lipinski definition) is 1. The second kappa shape index (κ2) is 3.38. The molecule has 1 aromatic rings. The summed E-state index contributed by atoms with van der Waals surface area (Å²) in [5.74, 6) is -0.0999. The molecule has 14 heavy (non-hydrogen) atoms. The summed E-state index contributed by atoms with van der Waals surface area (Å²) in [4.78, 5) is 2.42. The Morgan fingerprint density at radius 2 is 2.07 bits per heavy atom. The molecule has 1 aromatic carbocycles. The number of nitrogens with zero attached hydrogens (tertiary/aromatic N) is 1. The van der Waals surface area contributed by atoms with Gasteiger partial charge in [0, 0.05) is 24.1 Å². The predicted octanol–water partition coefficient (Wildman–Crippen LogP) is 2.30. The zero-order chi connectivity index (χ0) is 9.54. The van der Waals surface area contributed by atoms with E-state index in [0.29, 0.717) is 20.7 Å². The Hall–Kier alpha value is -0.290. The summed E-state index contributed by atoms with van der Waals surface area (Å²) in [7, 11) is 0. The zero-order valence-corrected chi connectivity index (χ0v) is 9.92. The van der Waals surface area contributed by atoms with Crippen LogP contribution in [0.3, 0.4) is 0 Å². The van der Waals surface area contributed by atoms with Crippen molar-refractivity contribution in [3.63, 3.8) is 0 Å². The average Bonchev–Trinajstić information content (AvgIpc) is 2.84. The number of fused-ring (bicyclic) bond motifs is 1. The van der Waals surface area contributed by atoms with Crippen LogP contribution in [0.2, 0.25) is 0 Å². The van der Waals surface area contributed by atoms with E-state index in [9.17, 15) is 4.39 Å². The van der Waals surface area contributed by atoms with Gasteiger partial charge in [-0.05, 0) is 26.8 Å². The quantitative estimate of drug-likeness (QED) is 0.598. The van der Waals surface area contributed by atoms with Crippen LogP contribution in [0.4, 0.5) is 4.39 Å². The minimum atomic E-state index is -0.0999. The molecule has 0 spiro atoms. The van der Waals surface area contributed by atoms with Crippen LogP contribution < -0.4 is 0 Å². The second-order valence-electron chi connectivity index (χ2n) is 3.84. The maximum Gasteiger partial charge on any atom is 0.123 e. The van der Waals surface area contributed by atoms with E-state index in [1.807, 2.05) is 6.07 Å². The van der Waals surface area contributed by atoms with E-state index < -0.39 is 0 Å². The smallest absolute Gasteiger partial charge is 0.123 e. The first kappa shape index (κ1) is 8.97. The first-order valence-corrected chi connectivity index (χ1v) is 7.35. The second-order valence-corrected chi connectivity index (χ2v) is 6.89. The highest BCUT2D eigenvalue weighted by atomic mass is 127. The summed E-state index contributed by atoms with van der Waals surface area (Å²) in [6.07, 6.45) is 0. The Kier molecular flexibility index (Phi) is 2.17. The lowest BCUT2D eigenvalue weighted by atomic mass is 10.1. The normalized spacial score (nSPS) is 19.9. The van der Waals surface area contributed by atoms with Crippen molar-refractivity contribution in [2.24, 2.45) is 0 Å². The van der Waals surface area contributed by atoms with Crippen LogP contribution in [0.1, 0.15) is 11.1 Å². The van der Waals surface area contributed by atoms with Crippen LogP contribution in [0.25, 0.3) is 0 Å². The average molecular weight is 303 g/mol. The third-order valence-corrected chi connectivity index (χ3v) is 4.86. The van der Waals surface area contributed by atoms with Gasteiger partial charge in [-0.2, -0.15) is 0 Å². The highest BCUT2D eigenvalue weighted by Gasteiger charge is 2.22. The van der Waals surface area contributed by atoms with Crippen LogP contribution in [0.15, 0.2) is 18.2 Å². The first-order chi connectivity index (χ1) is 6.81. The lowest BCUT2D eigenvalue weighted by molar-refractivity contribution is 0.328. The Bertz CT molecular complexity index is 414. The fourth-order valence-corrected chi connectivity index (χ4v) is 3.15. The van der Waals surface area contributed by atoms with Crippen molar-refractivity contribution in [2.75, 3.05) is 11.0 Å². The summed E-state index contributed by atoms with van der Waals surface area (Å²) in [5, 5.41) is 0. The number of rotatable bonds is 2. The summed E-state index contributed by atoms with van der Waals surface area (Å²) in [6, 6.07) is 5.18. The van der Waals surface area contributed by atoms with Gasteiger partial charge in [0.2, 0.25) is 0 Å². The monoisotopic (exact) mass is 303 g/mol. The summed E-state index contributed by atoms with van der Waals surface area (Å²) >= 11 is 0.474. The number of benzene rings is 1. The standard InChI is InChI=1S/C11H11FIN/c12-10-2-1-8-5-14(6-9(8)3-10)7-11-4-13-11/h1-3H,4-7H2. The molecule has 0 unspecified atom stereocenters. The third-order valence-electron chi connectivity index (χ3n) is 2.67. The summed E-state index contributed by atoms with van der Waals surface area (Å²) in [6.45, 7) is 3.13. The zero-order valence-electron chi connectivity index (χ0n) is 7.76. The minimum absolute atomic E-state index is 0.0999. The van der Waals surface area contributed by atoms with E-state index in [-0.39, 0.29) is 5.82 Å². The minimum Gasteiger partial charge on any atom is -0.290 e. The van der Waals surface area contributed by atoms with Gasteiger partial charge in [-0.15, -0.1) is 20.7 Å². The Balaban J connectivity index is 1.78. The Labute approximate surface area is 92.7 Å². The third kappa shape index (κ3) is 1.75. The van der Waals surface area contributed by atoms with Gasteiger partial charge >= 0.3 is 0 Å². The molecule has 2 aliphatic heterocycles. The van der Waals surface area contributed by atoms with E-state index in [1.165, 1.54) is 22.1 Å². The van der Waals surface area contributed by atoms with Crippen molar-refractivity contribution in [1.29, 1.82) is 0 Å². The molecule has 0 amide bonds. The fraction of sp³-hybridized carbons (Fsp3) is 0.364. The van der Waals surface area contributed by atoms with E-state index in [0.717, 1.165) is 13.1 Å². The van der Waals surface area contributed by atoms with Gasteiger partial charge in [0.25, 0.3) is 0 Å². The molecule has 0 saturated carbocycles. The van der Waals surface area contributed by atoms with Crippen molar-refractivity contribution in [3.8, 4) is 0 Å². The molecule has 0 aromatic heterocycles. The van der Waals surface area contributed by atoms with E-state index in [2.05, 4.69) is 4.90 Å². The maximum absolute atomic E-state index is 12.9.